The minimum Gasteiger partial charge on any atom is -0.300 e. The maximum absolute atomic E-state index is 13.0. The van der Waals surface area contributed by atoms with E-state index in [1.54, 1.807) is 0 Å². The molecule has 1 fully saturated rings. The van der Waals surface area contributed by atoms with Gasteiger partial charge in [-0.15, -0.1) is 0 Å². The van der Waals surface area contributed by atoms with E-state index in [1.165, 1.54) is 0 Å². The summed E-state index contributed by atoms with van der Waals surface area (Å²) in [5, 5.41) is -0.872. The number of alkyl halides is 1. The normalized spacial score (nSPS) is 28.8. The smallest absolute Gasteiger partial charge is 0.257 e. The first-order chi connectivity index (χ1) is 5.13. The summed E-state index contributed by atoms with van der Waals surface area (Å²) in [5.41, 5.74) is 0. The Morgan fingerprint density at radius 2 is 2.45 bits per heavy atom. The van der Waals surface area contributed by atoms with Crippen molar-refractivity contribution in [3.63, 3.8) is 0 Å². The number of carbonyl (C=O) groups is 1. The second kappa shape index (κ2) is 3.50. The van der Waals surface area contributed by atoms with Gasteiger partial charge in [0.05, 0.1) is 0 Å². The summed E-state index contributed by atoms with van der Waals surface area (Å²) in [6.45, 7) is 0.856. The molecule has 1 saturated heterocycles. The van der Waals surface area contributed by atoms with E-state index in [-0.39, 0.29) is 6.04 Å². The highest BCUT2D eigenvalue weighted by molar-refractivity contribution is 6.64. The molecule has 0 N–H and O–H groups in total. The summed E-state index contributed by atoms with van der Waals surface area (Å²) < 4.78 is 13.0. The van der Waals surface area contributed by atoms with E-state index in [4.69, 9.17) is 11.6 Å². The highest BCUT2D eigenvalue weighted by Crippen LogP contribution is 2.21. The zero-order valence-electron chi connectivity index (χ0n) is 6.39. The summed E-state index contributed by atoms with van der Waals surface area (Å²) in [7, 11) is 1.81. The average molecular weight is 180 g/mol. The Labute approximate surface area is 70.3 Å². The van der Waals surface area contributed by atoms with Gasteiger partial charge in [-0.25, -0.2) is 4.39 Å². The van der Waals surface area contributed by atoms with Crippen molar-refractivity contribution in [1.82, 2.24) is 4.90 Å². The van der Waals surface area contributed by atoms with Crippen molar-refractivity contribution in [2.75, 3.05) is 13.6 Å². The topological polar surface area (TPSA) is 20.3 Å². The summed E-state index contributed by atoms with van der Waals surface area (Å²) in [4.78, 5) is 12.3. The van der Waals surface area contributed by atoms with Crippen LogP contribution in [0.4, 0.5) is 4.39 Å². The average Bonchev–Trinajstić information content (AvgIpc) is 2.33. The molecule has 2 nitrogen and oxygen atoms in total. The van der Waals surface area contributed by atoms with Crippen LogP contribution in [0.1, 0.15) is 12.8 Å². The number of likely N-dealkylation sites (tertiary alicyclic amines) is 1. The Kier molecular flexibility index (Phi) is 2.84. The largest absolute Gasteiger partial charge is 0.300 e. The SMILES string of the molecule is CN1CCCC1C(F)C(=O)Cl. The number of halogens is 2. The van der Waals surface area contributed by atoms with Gasteiger partial charge in [-0.05, 0) is 38.0 Å². The van der Waals surface area contributed by atoms with Gasteiger partial charge >= 0.3 is 0 Å². The second-order valence-corrected chi connectivity index (χ2v) is 3.27. The van der Waals surface area contributed by atoms with Crippen molar-refractivity contribution in [2.45, 2.75) is 25.1 Å². The molecule has 0 radical (unpaired) electrons. The van der Waals surface area contributed by atoms with Crippen LogP contribution < -0.4 is 0 Å². The Balaban J connectivity index is 2.52. The lowest BCUT2D eigenvalue weighted by Crippen LogP contribution is -2.36. The summed E-state index contributed by atoms with van der Waals surface area (Å²) in [5.74, 6) is 0. The molecular weight excluding hydrogens is 169 g/mol. The van der Waals surface area contributed by atoms with E-state index in [9.17, 15) is 9.18 Å². The van der Waals surface area contributed by atoms with Crippen molar-refractivity contribution in [3.8, 4) is 0 Å². The Morgan fingerprint density at radius 1 is 1.82 bits per heavy atom. The van der Waals surface area contributed by atoms with Crippen LogP contribution in [0.2, 0.25) is 0 Å². The molecule has 11 heavy (non-hydrogen) atoms. The molecule has 0 aromatic carbocycles. The molecule has 4 heteroatoms. The van der Waals surface area contributed by atoms with E-state index < -0.39 is 11.4 Å². The first-order valence-corrected chi connectivity index (χ1v) is 4.04. The van der Waals surface area contributed by atoms with Crippen LogP contribution in [0.3, 0.4) is 0 Å². The molecule has 0 aromatic rings. The third-order valence-electron chi connectivity index (χ3n) is 2.13. The summed E-state index contributed by atoms with van der Waals surface area (Å²) in [6, 6.07) is -0.292. The zero-order valence-corrected chi connectivity index (χ0v) is 7.14. The maximum Gasteiger partial charge on any atom is 0.257 e. The van der Waals surface area contributed by atoms with E-state index in [2.05, 4.69) is 0 Å². The first-order valence-electron chi connectivity index (χ1n) is 3.66. The van der Waals surface area contributed by atoms with Crippen LogP contribution in [0, 0.1) is 0 Å². The Hall–Kier alpha value is -0.150. The van der Waals surface area contributed by atoms with Crippen molar-refractivity contribution in [2.24, 2.45) is 0 Å². The van der Waals surface area contributed by atoms with Crippen molar-refractivity contribution >= 4 is 16.8 Å². The van der Waals surface area contributed by atoms with Gasteiger partial charge in [0, 0.05) is 6.04 Å². The van der Waals surface area contributed by atoms with E-state index in [0.29, 0.717) is 0 Å². The fourth-order valence-electron chi connectivity index (χ4n) is 1.46. The molecule has 0 aromatic heterocycles. The van der Waals surface area contributed by atoms with Gasteiger partial charge in [-0.2, -0.15) is 0 Å². The molecule has 0 amide bonds. The van der Waals surface area contributed by atoms with Gasteiger partial charge in [0.1, 0.15) is 0 Å². The summed E-state index contributed by atoms with van der Waals surface area (Å²) in [6.07, 6.45) is 0.172. The van der Waals surface area contributed by atoms with Gasteiger partial charge < -0.3 is 4.90 Å². The lowest BCUT2D eigenvalue weighted by Gasteiger charge is -2.20. The lowest BCUT2D eigenvalue weighted by atomic mass is 10.1. The molecule has 2 unspecified atom stereocenters. The third-order valence-corrected chi connectivity index (χ3v) is 2.34. The van der Waals surface area contributed by atoms with Crippen molar-refractivity contribution < 1.29 is 9.18 Å². The molecule has 0 bridgehead atoms. The predicted octanol–water partition coefficient (Wildman–Crippen LogP) is 1.18. The number of carbonyl (C=O) groups excluding carboxylic acids is 1. The van der Waals surface area contributed by atoms with Crippen molar-refractivity contribution in [3.05, 3.63) is 0 Å². The van der Waals surface area contributed by atoms with Gasteiger partial charge in [-0.3, -0.25) is 4.79 Å². The molecule has 1 heterocycles. The lowest BCUT2D eigenvalue weighted by molar-refractivity contribution is -0.117. The monoisotopic (exact) mass is 179 g/mol. The van der Waals surface area contributed by atoms with E-state index in [1.807, 2.05) is 11.9 Å². The van der Waals surface area contributed by atoms with Gasteiger partial charge in [-0.1, -0.05) is 0 Å². The van der Waals surface area contributed by atoms with Crippen LogP contribution in [0.5, 0.6) is 0 Å². The number of nitrogens with zero attached hydrogens (tertiary/aromatic N) is 1. The molecule has 1 aliphatic rings. The minimum absolute atomic E-state index is 0.292. The summed E-state index contributed by atoms with van der Waals surface area (Å²) >= 11 is 5.03. The minimum atomic E-state index is -1.51. The highest BCUT2D eigenvalue weighted by atomic mass is 35.5. The van der Waals surface area contributed by atoms with Gasteiger partial charge in [0.15, 0.2) is 6.17 Å². The Morgan fingerprint density at radius 3 is 2.82 bits per heavy atom. The molecule has 0 spiro atoms. The van der Waals surface area contributed by atoms with Crippen LogP contribution in [-0.4, -0.2) is 35.9 Å². The molecule has 64 valence electrons. The number of hydrogen-bond donors (Lipinski definition) is 0. The molecular formula is C7H11ClFNO. The third kappa shape index (κ3) is 1.91. The fourth-order valence-corrected chi connectivity index (χ4v) is 1.60. The van der Waals surface area contributed by atoms with Crippen molar-refractivity contribution in [1.29, 1.82) is 0 Å². The maximum atomic E-state index is 13.0. The fraction of sp³-hybridized carbons (Fsp3) is 0.857. The number of rotatable bonds is 2. The standard InChI is InChI=1S/C7H11ClFNO/c1-10-4-2-3-5(10)6(9)7(8)11/h5-6H,2-4H2,1H3. The van der Waals surface area contributed by atoms with Crippen LogP contribution in [-0.2, 0) is 4.79 Å². The second-order valence-electron chi connectivity index (χ2n) is 2.90. The Bertz CT molecular complexity index is 165. The zero-order chi connectivity index (χ0) is 8.43. The van der Waals surface area contributed by atoms with Crippen LogP contribution in [0.25, 0.3) is 0 Å². The first kappa shape index (κ1) is 8.94. The quantitative estimate of drug-likeness (QED) is 0.594. The van der Waals surface area contributed by atoms with Gasteiger partial charge in [0.2, 0.25) is 0 Å². The van der Waals surface area contributed by atoms with Crippen LogP contribution >= 0.6 is 11.6 Å². The predicted molar refractivity (Wildman–Crippen MR) is 41.4 cm³/mol. The molecule has 1 rings (SSSR count). The van der Waals surface area contributed by atoms with Gasteiger partial charge in [0.25, 0.3) is 5.24 Å². The molecule has 0 saturated carbocycles. The molecule has 2 atom stereocenters. The highest BCUT2D eigenvalue weighted by Gasteiger charge is 2.32. The van der Waals surface area contributed by atoms with E-state index >= 15 is 0 Å². The molecule has 1 aliphatic heterocycles. The van der Waals surface area contributed by atoms with E-state index in [0.717, 1.165) is 19.4 Å². The number of hydrogen-bond acceptors (Lipinski definition) is 2. The molecule has 0 aliphatic carbocycles. The van der Waals surface area contributed by atoms with Crippen LogP contribution in [0.15, 0.2) is 0 Å².